The highest BCUT2D eigenvalue weighted by atomic mass is 32.2. The third-order valence-corrected chi connectivity index (χ3v) is 3.48. The van der Waals surface area contributed by atoms with Gasteiger partial charge in [0.25, 0.3) is 5.91 Å². The first-order valence-electron chi connectivity index (χ1n) is 6.56. The summed E-state index contributed by atoms with van der Waals surface area (Å²) in [6.45, 7) is 2.74. The van der Waals surface area contributed by atoms with Crippen LogP contribution in [0.2, 0.25) is 0 Å². The Morgan fingerprint density at radius 3 is 2.67 bits per heavy atom. The van der Waals surface area contributed by atoms with Crippen molar-refractivity contribution in [2.24, 2.45) is 0 Å². The lowest BCUT2D eigenvalue weighted by molar-refractivity contribution is -0.384. The minimum atomic E-state index is -1.02. The fourth-order valence-electron chi connectivity index (χ4n) is 1.73. The van der Waals surface area contributed by atoms with Crippen LogP contribution in [-0.4, -0.2) is 40.1 Å². The second-order valence-electron chi connectivity index (χ2n) is 4.42. The number of rotatable bonds is 8. The van der Waals surface area contributed by atoms with Crippen molar-refractivity contribution >= 4 is 28.1 Å². The van der Waals surface area contributed by atoms with Gasteiger partial charge in [-0.05, 0) is 18.6 Å². The Morgan fingerprint density at radius 2 is 2.10 bits per heavy atom. The monoisotopic (exact) mass is 313 g/mol. The Labute approximate surface area is 125 Å². The summed E-state index contributed by atoms with van der Waals surface area (Å²) in [7, 11) is -1.02. The molecule has 0 heterocycles. The summed E-state index contributed by atoms with van der Waals surface area (Å²) in [6, 6.07) is 4.58. The number of nitro groups is 1. The number of para-hydroxylation sites is 1. The van der Waals surface area contributed by atoms with Gasteiger partial charge in [0.2, 0.25) is 0 Å². The van der Waals surface area contributed by atoms with Crippen LogP contribution in [0, 0.1) is 10.1 Å². The average Bonchev–Trinajstić information content (AvgIpc) is 2.43. The molecule has 0 saturated heterocycles. The molecule has 1 aromatic carbocycles. The highest BCUT2D eigenvalue weighted by Gasteiger charge is 2.24. The van der Waals surface area contributed by atoms with E-state index in [0.29, 0.717) is 18.0 Å². The number of carbonyl (C=O) groups is 1. The summed E-state index contributed by atoms with van der Waals surface area (Å²) in [5.41, 5.74) is 0.0950. The van der Waals surface area contributed by atoms with Crippen molar-refractivity contribution in [3.05, 3.63) is 33.9 Å². The summed E-state index contributed by atoms with van der Waals surface area (Å²) >= 11 is 0. The van der Waals surface area contributed by atoms with Gasteiger partial charge in [0.15, 0.2) is 0 Å². The maximum absolute atomic E-state index is 12.0. The largest absolute Gasteiger partial charge is 0.379 e. The maximum atomic E-state index is 12.0. The first-order valence-corrected chi connectivity index (χ1v) is 8.29. The molecule has 0 radical (unpaired) electrons. The van der Waals surface area contributed by atoms with Crippen molar-refractivity contribution in [1.29, 1.82) is 0 Å². The molecule has 0 aromatic heterocycles. The van der Waals surface area contributed by atoms with Crippen molar-refractivity contribution in [3.63, 3.8) is 0 Å². The molecule has 0 bridgehead atoms. The van der Waals surface area contributed by atoms with E-state index in [1.165, 1.54) is 12.3 Å². The van der Waals surface area contributed by atoms with Crippen molar-refractivity contribution in [3.8, 4) is 0 Å². The number of nitro benzene ring substituents is 1. The first-order chi connectivity index (χ1) is 9.97. The molecule has 1 aromatic rings. The molecule has 1 atom stereocenters. The predicted molar refractivity (Wildman–Crippen MR) is 83.1 cm³/mol. The molecule has 0 aliphatic rings. The Morgan fingerprint density at radius 1 is 1.38 bits per heavy atom. The average molecular weight is 313 g/mol. The van der Waals surface area contributed by atoms with E-state index in [1.54, 1.807) is 12.1 Å². The normalized spacial score (nSPS) is 11.7. The minimum absolute atomic E-state index is 0.00277. The van der Waals surface area contributed by atoms with E-state index in [0.717, 1.165) is 6.42 Å². The lowest BCUT2D eigenvalue weighted by atomic mass is 10.1. The molecule has 116 valence electrons. The summed E-state index contributed by atoms with van der Waals surface area (Å²) in [6.07, 6.45) is 2.35. The molecule has 1 rings (SSSR count). The molecule has 0 spiro atoms. The molecular weight excluding hydrogens is 294 g/mol. The molecule has 0 saturated carbocycles. The van der Waals surface area contributed by atoms with Crippen LogP contribution in [0.5, 0.6) is 0 Å². The number of nitrogens with zero attached hydrogens (tertiary/aromatic N) is 1. The standard InChI is InChI=1S/C13H19N3O4S/c1-3-7-14-11-6-4-5-10(12(11)16(18)19)13(17)15-8-9-21(2)20/h4-6,14H,3,7-9H2,1-2H3,(H,15,17). The lowest BCUT2D eigenvalue weighted by Crippen LogP contribution is -2.28. The zero-order valence-electron chi connectivity index (χ0n) is 12.0. The molecular formula is C13H19N3O4S. The highest BCUT2D eigenvalue weighted by molar-refractivity contribution is 7.84. The number of benzene rings is 1. The van der Waals surface area contributed by atoms with Gasteiger partial charge in [0, 0.05) is 35.9 Å². The summed E-state index contributed by atoms with van der Waals surface area (Å²) in [4.78, 5) is 22.7. The third-order valence-electron chi connectivity index (χ3n) is 2.70. The van der Waals surface area contributed by atoms with E-state index in [-0.39, 0.29) is 17.8 Å². The molecule has 1 amide bonds. The van der Waals surface area contributed by atoms with Crippen LogP contribution in [0.25, 0.3) is 0 Å². The van der Waals surface area contributed by atoms with Crippen molar-refractivity contribution in [1.82, 2.24) is 5.32 Å². The molecule has 0 fully saturated rings. The lowest BCUT2D eigenvalue weighted by Gasteiger charge is -2.09. The SMILES string of the molecule is CCCNc1cccc(C(=O)NCCS(C)=O)c1[N+](=O)[O-]. The first kappa shape index (κ1) is 17.1. The Hall–Kier alpha value is -1.96. The Kier molecular flexibility index (Phi) is 6.80. The van der Waals surface area contributed by atoms with Crippen LogP contribution >= 0.6 is 0 Å². The molecule has 21 heavy (non-hydrogen) atoms. The van der Waals surface area contributed by atoms with Crippen molar-refractivity contribution in [2.45, 2.75) is 13.3 Å². The zero-order chi connectivity index (χ0) is 15.8. The number of nitrogens with one attached hydrogen (secondary N) is 2. The fourth-order valence-corrected chi connectivity index (χ4v) is 2.12. The number of anilines is 1. The predicted octanol–water partition coefficient (Wildman–Crippen LogP) is 1.53. The topological polar surface area (TPSA) is 101 Å². The molecule has 2 N–H and O–H groups in total. The van der Waals surface area contributed by atoms with Gasteiger partial charge >= 0.3 is 5.69 Å². The van der Waals surface area contributed by atoms with Crippen LogP contribution in [0.3, 0.4) is 0 Å². The third kappa shape index (κ3) is 5.14. The van der Waals surface area contributed by atoms with Gasteiger partial charge < -0.3 is 10.6 Å². The summed E-state index contributed by atoms with van der Waals surface area (Å²) in [5.74, 6) is -0.222. The van der Waals surface area contributed by atoms with E-state index in [9.17, 15) is 19.1 Å². The summed E-state index contributed by atoms with van der Waals surface area (Å²) < 4.78 is 11.0. The summed E-state index contributed by atoms with van der Waals surface area (Å²) in [5, 5.41) is 16.7. The Bertz CT molecular complexity index is 548. The Balaban J connectivity index is 2.97. The van der Waals surface area contributed by atoms with E-state index in [1.807, 2.05) is 6.92 Å². The van der Waals surface area contributed by atoms with E-state index in [2.05, 4.69) is 10.6 Å². The van der Waals surface area contributed by atoms with Gasteiger partial charge in [-0.2, -0.15) is 0 Å². The zero-order valence-corrected chi connectivity index (χ0v) is 12.9. The minimum Gasteiger partial charge on any atom is -0.379 e. The maximum Gasteiger partial charge on any atom is 0.305 e. The van der Waals surface area contributed by atoms with Gasteiger partial charge in [-0.25, -0.2) is 0 Å². The van der Waals surface area contributed by atoms with Crippen molar-refractivity contribution < 1.29 is 13.9 Å². The molecule has 7 nitrogen and oxygen atoms in total. The molecule has 1 unspecified atom stereocenters. The van der Waals surface area contributed by atoms with Crippen LogP contribution in [-0.2, 0) is 10.8 Å². The highest BCUT2D eigenvalue weighted by Crippen LogP contribution is 2.28. The van der Waals surface area contributed by atoms with Crippen LogP contribution in [0.15, 0.2) is 18.2 Å². The van der Waals surface area contributed by atoms with Gasteiger partial charge in [-0.3, -0.25) is 19.1 Å². The number of hydrogen-bond acceptors (Lipinski definition) is 5. The quantitative estimate of drug-likeness (QED) is 0.560. The van der Waals surface area contributed by atoms with Crippen LogP contribution < -0.4 is 10.6 Å². The van der Waals surface area contributed by atoms with Crippen LogP contribution in [0.4, 0.5) is 11.4 Å². The van der Waals surface area contributed by atoms with Crippen LogP contribution in [0.1, 0.15) is 23.7 Å². The fraction of sp³-hybridized carbons (Fsp3) is 0.462. The van der Waals surface area contributed by atoms with Gasteiger partial charge in [-0.1, -0.05) is 13.0 Å². The van der Waals surface area contributed by atoms with Crippen molar-refractivity contribution in [2.75, 3.05) is 30.4 Å². The van der Waals surface area contributed by atoms with E-state index >= 15 is 0 Å². The number of amides is 1. The second kappa shape index (κ2) is 8.35. The number of hydrogen-bond donors (Lipinski definition) is 2. The molecule has 0 aliphatic heterocycles. The molecule has 8 heteroatoms. The molecule has 0 aliphatic carbocycles. The number of carbonyl (C=O) groups excluding carboxylic acids is 1. The second-order valence-corrected chi connectivity index (χ2v) is 5.97. The van der Waals surface area contributed by atoms with Gasteiger partial charge in [-0.15, -0.1) is 0 Å². The van der Waals surface area contributed by atoms with Gasteiger partial charge in [0.05, 0.1) is 4.92 Å². The van der Waals surface area contributed by atoms with E-state index < -0.39 is 21.6 Å². The van der Waals surface area contributed by atoms with E-state index in [4.69, 9.17) is 0 Å². The smallest absolute Gasteiger partial charge is 0.305 e. The van der Waals surface area contributed by atoms with Gasteiger partial charge in [0.1, 0.15) is 11.3 Å².